The van der Waals surface area contributed by atoms with Crippen LogP contribution in [0.15, 0.2) is 24.3 Å². The van der Waals surface area contributed by atoms with Gasteiger partial charge in [-0.3, -0.25) is 19.4 Å². The average Bonchev–Trinajstić information content (AvgIpc) is 2.74. The minimum atomic E-state index is 0.0112. The molecule has 0 spiro atoms. The molecule has 3 aliphatic rings. The first-order valence-electron chi connectivity index (χ1n) is 11.4. The number of amides is 2. The molecule has 164 valence electrons. The number of carbonyl (C=O) groups is 2. The molecular formula is C23H34N4O3. The largest absolute Gasteiger partial charge is 0.493 e. The second kappa shape index (κ2) is 9.79. The van der Waals surface area contributed by atoms with Crippen molar-refractivity contribution in [2.45, 2.75) is 32.2 Å². The monoisotopic (exact) mass is 414 g/mol. The quantitative estimate of drug-likeness (QED) is 0.707. The highest BCUT2D eigenvalue weighted by Gasteiger charge is 2.30. The molecule has 0 aromatic heterocycles. The predicted molar refractivity (Wildman–Crippen MR) is 116 cm³/mol. The molecule has 1 aromatic carbocycles. The topological polar surface area (TPSA) is 56.3 Å². The Balaban J connectivity index is 1.23. The summed E-state index contributed by atoms with van der Waals surface area (Å²) in [7, 11) is 0. The van der Waals surface area contributed by atoms with Crippen LogP contribution in [0.1, 0.15) is 36.5 Å². The minimum Gasteiger partial charge on any atom is -0.493 e. The molecule has 0 atom stereocenters. The Morgan fingerprint density at radius 1 is 0.933 bits per heavy atom. The standard InChI is InChI=1S/C23H34N4O3/c1-2-30-21-9-4-3-8-20(21)23(29)27-12-10-24(11-13-27)18-22(28)26-16-14-25(15-17-26)19-6-5-7-19/h3-4,8-9,19H,2,5-7,10-18H2,1H3. The third kappa shape index (κ3) is 4.78. The van der Waals surface area contributed by atoms with E-state index in [2.05, 4.69) is 9.80 Å². The van der Waals surface area contributed by atoms with Crippen LogP contribution in [-0.4, -0.2) is 103 Å². The molecule has 0 unspecified atom stereocenters. The van der Waals surface area contributed by atoms with E-state index in [1.54, 1.807) is 0 Å². The Morgan fingerprint density at radius 2 is 1.60 bits per heavy atom. The van der Waals surface area contributed by atoms with Crippen LogP contribution in [0.2, 0.25) is 0 Å². The SMILES string of the molecule is CCOc1ccccc1C(=O)N1CCN(CC(=O)N2CCN(C3CCC3)CC2)CC1. The highest BCUT2D eigenvalue weighted by atomic mass is 16.5. The van der Waals surface area contributed by atoms with E-state index in [-0.39, 0.29) is 11.8 Å². The van der Waals surface area contributed by atoms with Crippen molar-refractivity contribution in [2.75, 3.05) is 65.5 Å². The zero-order chi connectivity index (χ0) is 20.9. The van der Waals surface area contributed by atoms with Gasteiger partial charge in [0.2, 0.25) is 5.91 Å². The molecule has 2 heterocycles. The summed E-state index contributed by atoms with van der Waals surface area (Å²) in [4.78, 5) is 34.3. The van der Waals surface area contributed by atoms with Crippen molar-refractivity contribution in [3.05, 3.63) is 29.8 Å². The van der Waals surface area contributed by atoms with Crippen molar-refractivity contribution in [2.24, 2.45) is 0 Å². The first-order valence-corrected chi connectivity index (χ1v) is 11.4. The maximum absolute atomic E-state index is 12.9. The van der Waals surface area contributed by atoms with Gasteiger partial charge in [0.1, 0.15) is 5.75 Å². The van der Waals surface area contributed by atoms with Crippen molar-refractivity contribution < 1.29 is 14.3 Å². The van der Waals surface area contributed by atoms with Crippen molar-refractivity contribution in [3.8, 4) is 5.75 Å². The molecule has 4 rings (SSSR count). The summed E-state index contributed by atoms with van der Waals surface area (Å²) in [5.41, 5.74) is 0.619. The van der Waals surface area contributed by atoms with Crippen LogP contribution < -0.4 is 4.74 Å². The number of nitrogens with zero attached hydrogens (tertiary/aromatic N) is 4. The van der Waals surface area contributed by atoms with Crippen molar-refractivity contribution in [3.63, 3.8) is 0 Å². The van der Waals surface area contributed by atoms with E-state index in [4.69, 9.17) is 4.74 Å². The minimum absolute atomic E-state index is 0.0112. The number of rotatable bonds is 6. The highest BCUT2D eigenvalue weighted by Crippen LogP contribution is 2.25. The summed E-state index contributed by atoms with van der Waals surface area (Å²) in [6.07, 6.45) is 4.01. The molecule has 0 bridgehead atoms. The van der Waals surface area contributed by atoms with Gasteiger partial charge >= 0.3 is 0 Å². The lowest BCUT2D eigenvalue weighted by Gasteiger charge is -2.43. The number of hydrogen-bond acceptors (Lipinski definition) is 5. The van der Waals surface area contributed by atoms with Crippen LogP contribution in [-0.2, 0) is 4.79 Å². The van der Waals surface area contributed by atoms with Gasteiger partial charge in [0.15, 0.2) is 0 Å². The number of hydrogen-bond donors (Lipinski definition) is 0. The Kier molecular flexibility index (Phi) is 6.89. The van der Waals surface area contributed by atoms with Gasteiger partial charge in [-0.05, 0) is 31.9 Å². The summed E-state index contributed by atoms with van der Waals surface area (Å²) in [5.74, 6) is 0.880. The maximum atomic E-state index is 12.9. The summed E-state index contributed by atoms with van der Waals surface area (Å²) >= 11 is 0. The smallest absolute Gasteiger partial charge is 0.257 e. The molecule has 2 saturated heterocycles. The second-order valence-electron chi connectivity index (χ2n) is 8.50. The summed E-state index contributed by atoms with van der Waals surface area (Å²) in [6.45, 7) is 9.39. The first kappa shape index (κ1) is 21.1. The van der Waals surface area contributed by atoms with Gasteiger partial charge in [-0.2, -0.15) is 0 Å². The predicted octanol–water partition coefficient (Wildman–Crippen LogP) is 1.54. The molecule has 0 N–H and O–H groups in total. The van der Waals surface area contributed by atoms with E-state index in [1.165, 1.54) is 19.3 Å². The van der Waals surface area contributed by atoms with Crippen molar-refractivity contribution in [1.82, 2.24) is 19.6 Å². The zero-order valence-corrected chi connectivity index (χ0v) is 18.1. The summed E-state index contributed by atoms with van der Waals surface area (Å²) in [6, 6.07) is 8.19. The normalized spacial score (nSPS) is 21.4. The van der Waals surface area contributed by atoms with E-state index in [0.29, 0.717) is 37.6 Å². The number of para-hydroxylation sites is 1. The van der Waals surface area contributed by atoms with Gasteiger partial charge in [-0.1, -0.05) is 18.6 Å². The fourth-order valence-electron chi connectivity index (χ4n) is 4.58. The van der Waals surface area contributed by atoms with E-state index < -0.39 is 0 Å². The fourth-order valence-corrected chi connectivity index (χ4v) is 4.58. The fraction of sp³-hybridized carbons (Fsp3) is 0.652. The second-order valence-corrected chi connectivity index (χ2v) is 8.50. The van der Waals surface area contributed by atoms with Gasteiger partial charge in [0.05, 0.1) is 18.7 Å². The third-order valence-electron chi connectivity index (χ3n) is 6.69. The molecule has 1 saturated carbocycles. The number of piperazine rings is 2. The molecule has 30 heavy (non-hydrogen) atoms. The van der Waals surface area contributed by atoms with E-state index in [9.17, 15) is 9.59 Å². The van der Waals surface area contributed by atoms with Gasteiger partial charge in [0.25, 0.3) is 5.91 Å². The van der Waals surface area contributed by atoms with Crippen molar-refractivity contribution >= 4 is 11.8 Å². The molecule has 2 aliphatic heterocycles. The maximum Gasteiger partial charge on any atom is 0.257 e. The van der Waals surface area contributed by atoms with Crippen LogP contribution in [0.5, 0.6) is 5.75 Å². The molecule has 0 radical (unpaired) electrons. The molecule has 7 heteroatoms. The Bertz CT molecular complexity index is 736. The third-order valence-corrected chi connectivity index (χ3v) is 6.69. The van der Waals surface area contributed by atoms with Crippen LogP contribution in [0.3, 0.4) is 0 Å². The van der Waals surface area contributed by atoms with Crippen LogP contribution in [0, 0.1) is 0 Å². The van der Waals surface area contributed by atoms with Crippen LogP contribution in [0.4, 0.5) is 0 Å². The zero-order valence-electron chi connectivity index (χ0n) is 18.1. The number of carbonyl (C=O) groups excluding carboxylic acids is 2. The molecule has 7 nitrogen and oxygen atoms in total. The average molecular weight is 415 g/mol. The molecule has 3 fully saturated rings. The Morgan fingerprint density at radius 3 is 2.23 bits per heavy atom. The van der Waals surface area contributed by atoms with E-state index in [1.807, 2.05) is 41.0 Å². The van der Waals surface area contributed by atoms with Gasteiger partial charge in [-0.15, -0.1) is 0 Å². The first-order chi connectivity index (χ1) is 14.7. The molecule has 1 aliphatic carbocycles. The Hall–Kier alpha value is -2.12. The van der Waals surface area contributed by atoms with Crippen molar-refractivity contribution in [1.29, 1.82) is 0 Å². The molecular weight excluding hydrogens is 380 g/mol. The number of benzene rings is 1. The Labute approximate surface area is 179 Å². The molecule has 1 aromatic rings. The van der Waals surface area contributed by atoms with Gasteiger partial charge < -0.3 is 14.5 Å². The van der Waals surface area contributed by atoms with Gasteiger partial charge in [-0.25, -0.2) is 0 Å². The lowest BCUT2D eigenvalue weighted by molar-refractivity contribution is -0.135. The van der Waals surface area contributed by atoms with Crippen LogP contribution >= 0.6 is 0 Å². The highest BCUT2D eigenvalue weighted by molar-refractivity contribution is 5.97. The number of ether oxygens (including phenoxy) is 1. The molecule has 2 amide bonds. The van der Waals surface area contributed by atoms with Crippen LogP contribution in [0.25, 0.3) is 0 Å². The van der Waals surface area contributed by atoms with E-state index in [0.717, 1.165) is 45.3 Å². The summed E-state index contributed by atoms with van der Waals surface area (Å²) in [5, 5.41) is 0. The van der Waals surface area contributed by atoms with E-state index >= 15 is 0 Å². The van der Waals surface area contributed by atoms with Gasteiger partial charge in [0, 0.05) is 58.4 Å². The summed E-state index contributed by atoms with van der Waals surface area (Å²) < 4.78 is 5.61. The lowest BCUT2D eigenvalue weighted by atomic mass is 9.91. The lowest BCUT2D eigenvalue weighted by Crippen LogP contribution is -2.56.